The van der Waals surface area contributed by atoms with Crippen LogP contribution in [-0.4, -0.2) is 66.6 Å². The summed E-state index contributed by atoms with van der Waals surface area (Å²) in [6, 6.07) is 7.79. The van der Waals surface area contributed by atoms with Crippen molar-refractivity contribution in [2.75, 3.05) is 7.05 Å². The highest BCUT2D eigenvalue weighted by Gasteiger charge is 2.44. The maximum absolute atomic E-state index is 13.2. The molecule has 278 valence electrons. The summed E-state index contributed by atoms with van der Waals surface area (Å²) >= 11 is 0. The van der Waals surface area contributed by atoms with E-state index in [1.807, 2.05) is 30.5 Å². The maximum Gasteiger partial charge on any atom is 0.407 e. The molecule has 0 bridgehead atoms. The van der Waals surface area contributed by atoms with Gasteiger partial charge in [-0.15, -0.1) is 5.10 Å². The molecule has 12 heteroatoms. The van der Waals surface area contributed by atoms with Crippen LogP contribution in [0.2, 0.25) is 18.1 Å². The van der Waals surface area contributed by atoms with Crippen molar-refractivity contribution in [2.45, 2.75) is 123 Å². The number of nitrogens with zero attached hydrogens (tertiary/aromatic N) is 3. The Hall–Kier alpha value is -3.77. The van der Waals surface area contributed by atoms with Crippen LogP contribution >= 0.6 is 0 Å². The van der Waals surface area contributed by atoms with E-state index in [2.05, 4.69) is 86.9 Å². The number of rotatable bonds is 12. The number of carbonyl (C=O) groups excluding carboxylic acids is 3. The van der Waals surface area contributed by atoms with Crippen molar-refractivity contribution < 1.29 is 28.3 Å². The smallest absolute Gasteiger partial charge is 0.407 e. The molecular weight excluding hydrogens is 663 g/mol. The van der Waals surface area contributed by atoms with Gasteiger partial charge in [0.25, 0.3) is 0 Å². The predicted octanol–water partition coefficient (Wildman–Crippen LogP) is 6.96. The van der Waals surface area contributed by atoms with Gasteiger partial charge in [0.2, 0.25) is 5.91 Å². The minimum atomic E-state index is -2.02. The van der Waals surface area contributed by atoms with Crippen molar-refractivity contribution >= 4 is 26.3 Å². The Bertz CT molecular complexity index is 1600. The highest BCUT2D eigenvalue weighted by Crippen LogP contribution is 2.45. The van der Waals surface area contributed by atoms with Crippen LogP contribution in [0.25, 0.3) is 11.3 Å². The van der Waals surface area contributed by atoms with Gasteiger partial charge in [0.15, 0.2) is 8.32 Å². The summed E-state index contributed by atoms with van der Waals surface area (Å²) in [6.07, 6.45) is 11.4. The van der Waals surface area contributed by atoms with Crippen molar-refractivity contribution in [3.8, 4) is 11.3 Å². The van der Waals surface area contributed by atoms with Gasteiger partial charge in [-0.05, 0) is 66.3 Å². The topological polar surface area (TPSA) is 134 Å². The number of ether oxygens (including phenoxy) is 2. The number of alkyl carbamates (subject to hydrolysis) is 1. The second kappa shape index (κ2) is 16.3. The maximum atomic E-state index is 13.2. The van der Waals surface area contributed by atoms with E-state index in [1.54, 1.807) is 11.7 Å². The largest absolute Gasteiger partial charge is 0.462 e. The summed E-state index contributed by atoms with van der Waals surface area (Å²) in [5, 5.41) is 14.0. The number of hydrogen-bond acceptors (Lipinski definition) is 8. The first-order valence-electron chi connectivity index (χ1n) is 18.5. The predicted molar refractivity (Wildman–Crippen MR) is 199 cm³/mol. The second-order valence-corrected chi connectivity index (χ2v) is 21.0. The molecule has 1 fully saturated rings. The zero-order valence-electron chi connectivity index (χ0n) is 31.6. The number of aromatic nitrogens is 3. The second-order valence-electron chi connectivity index (χ2n) is 16.2. The quantitative estimate of drug-likeness (QED) is 0.178. The van der Waals surface area contributed by atoms with Crippen LogP contribution in [0, 0.1) is 23.7 Å². The number of cyclic esters (lactones) is 1. The number of fused-ring (bicyclic) bond motifs is 1. The summed E-state index contributed by atoms with van der Waals surface area (Å²) in [6.45, 7) is 16.3. The molecule has 2 N–H and O–H groups in total. The lowest BCUT2D eigenvalue weighted by Gasteiger charge is -2.44. The van der Waals surface area contributed by atoms with E-state index >= 15 is 0 Å². The SMILES string of the molecule is CNC(=O)CCn1cc(-c2ccc(CNC(=O)O[C@H]3C[C@@H](C)C=C4C=C[C@H](C)[C@H](CC[C@@H]5C[C@@H](O[Si](C)(C)C(C)(C)C)CC(=O)O5)[C@H]43)cc2)nn1. The lowest BCUT2D eigenvalue weighted by molar-refractivity contribution is -0.160. The molecule has 51 heavy (non-hydrogen) atoms. The van der Waals surface area contributed by atoms with Gasteiger partial charge >= 0.3 is 12.1 Å². The molecule has 0 spiro atoms. The number of allylic oxidation sites excluding steroid dienone is 3. The minimum Gasteiger partial charge on any atom is -0.462 e. The van der Waals surface area contributed by atoms with E-state index in [-0.39, 0.29) is 53.0 Å². The molecule has 3 aliphatic rings. The molecule has 1 aromatic carbocycles. The fourth-order valence-corrected chi connectivity index (χ4v) is 8.70. The molecule has 0 radical (unpaired) electrons. The third-order valence-electron chi connectivity index (χ3n) is 11.2. The van der Waals surface area contributed by atoms with Crippen molar-refractivity contribution in [3.63, 3.8) is 0 Å². The number of benzene rings is 1. The van der Waals surface area contributed by atoms with Gasteiger partial charge in [0.05, 0.1) is 25.3 Å². The normalized spacial score (nSPS) is 26.5. The standard InChI is InChI=1S/C39H57N5O6Si/c1-25-19-29-12-9-26(2)32(16-15-30-21-31(22-36(46)48-30)50-51(7,8)39(3,4)5)37(29)34(20-25)49-38(47)41-23-27-10-13-28(14-11-27)33-24-44(43-42-33)18-17-35(45)40-6/h9-14,19,24-26,30-32,34,37H,15-18,20-23H2,1-8H3,(H,40,45)(H,41,47)/t25-,26-,30+,31+,32-,34-,37-/m0/s1. The van der Waals surface area contributed by atoms with Crippen molar-refractivity contribution in [2.24, 2.45) is 23.7 Å². The Morgan fingerprint density at radius 2 is 1.84 bits per heavy atom. The molecule has 5 rings (SSSR count). The molecule has 2 heterocycles. The van der Waals surface area contributed by atoms with Gasteiger partial charge in [-0.3, -0.25) is 14.3 Å². The van der Waals surface area contributed by atoms with Crippen LogP contribution < -0.4 is 10.6 Å². The summed E-state index contributed by atoms with van der Waals surface area (Å²) in [7, 11) is -0.406. The van der Waals surface area contributed by atoms with E-state index in [0.29, 0.717) is 37.5 Å². The average molecular weight is 720 g/mol. The molecule has 11 nitrogen and oxygen atoms in total. The van der Waals surface area contributed by atoms with Gasteiger partial charge in [-0.2, -0.15) is 0 Å². The zero-order chi connectivity index (χ0) is 36.9. The van der Waals surface area contributed by atoms with Crippen LogP contribution in [0.3, 0.4) is 0 Å². The first-order valence-corrected chi connectivity index (χ1v) is 21.4. The molecule has 1 saturated heterocycles. The molecular formula is C39H57N5O6Si. The number of nitrogens with one attached hydrogen (secondary N) is 2. The zero-order valence-corrected chi connectivity index (χ0v) is 32.6. The van der Waals surface area contributed by atoms with Crippen LogP contribution in [0.4, 0.5) is 4.79 Å². The Kier molecular flexibility index (Phi) is 12.3. The Labute approximate surface area is 304 Å². The van der Waals surface area contributed by atoms with E-state index in [0.717, 1.165) is 36.8 Å². The first-order chi connectivity index (χ1) is 24.1. The lowest BCUT2D eigenvalue weighted by atomic mass is 9.65. The summed E-state index contributed by atoms with van der Waals surface area (Å²) < 4.78 is 20.4. The van der Waals surface area contributed by atoms with Crippen molar-refractivity contribution in [1.29, 1.82) is 0 Å². The molecule has 0 unspecified atom stereocenters. The van der Waals surface area contributed by atoms with E-state index < -0.39 is 14.4 Å². The van der Waals surface area contributed by atoms with Crippen LogP contribution in [0.15, 0.2) is 54.3 Å². The van der Waals surface area contributed by atoms with Crippen molar-refractivity contribution in [3.05, 3.63) is 59.8 Å². The molecule has 2 amide bonds. The first kappa shape index (κ1) is 38.5. The van der Waals surface area contributed by atoms with Gasteiger partial charge in [-0.1, -0.05) is 82.3 Å². The van der Waals surface area contributed by atoms with E-state index in [9.17, 15) is 14.4 Å². The van der Waals surface area contributed by atoms with Crippen LogP contribution in [-0.2, 0) is 36.6 Å². The number of hydrogen-bond donors (Lipinski definition) is 2. The van der Waals surface area contributed by atoms with E-state index in [1.165, 1.54) is 5.57 Å². The van der Waals surface area contributed by atoms with Crippen molar-refractivity contribution in [1.82, 2.24) is 25.6 Å². The Morgan fingerprint density at radius 3 is 2.55 bits per heavy atom. The van der Waals surface area contributed by atoms with Crippen LogP contribution in [0.1, 0.15) is 78.7 Å². The van der Waals surface area contributed by atoms with Gasteiger partial charge in [0.1, 0.15) is 17.9 Å². The molecule has 1 aliphatic heterocycles. The fourth-order valence-electron chi connectivity index (χ4n) is 7.33. The summed E-state index contributed by atoms with van der Waals surface area (Å²) in [4.78, 5) is 37.5. The van der Waals surface area contributed by atoms with Gasteiger partial charge < -0.3 is 24.5 Å². The third-order valence-corrected chi connectivity index (χ3v) is 15.8. The van der Waals surface area contributed by atoms with Gasteiger partial charge in [-0.25, -0.2) is 4.79 Å². The highest BCUT2D eigenvalue weighted by molar-refractivity contribution is 6.74. The summed E-state index contributed by atoms with van der Waals surface area (Å²) in [5.74, 6) is 0.690. The molecule has 2 aromatic rings. The van der Waals surface area contributed by atoms with Crippen LogP contribution in [0.5, 0.6) is 0 Å². The third kappa shape index (κ3) is 9.97. The Balaban J connectivity index is 1.17. The fraction of sp³-hybridized carbons (Fsp3) is 0.615. The average Bonchev–Trinajstić information content (AvgIpc) is 3.54. The minimum absolute atomic E-state index is 0.0489. The molecule has 0 saturated carbocycles. The van der Waals surface area contributed by atoms with Gasteiger partial charge in [0, 0.05) is 37.9 Å². The monoisotopic (exact) mass is 719 g/mol. The summed E-state index contributed by atoms with van der Waals surface area (Å²) in [5.41, 5.74) is 3.78. The molecule has 7 atom stereocenters. The molecule has 2 aliphatic carbocycles. The number of amides is 2. The number of carbonyl (C=O) groups is 3. The number of esters is 1. The van der Waals surface area contributed by atoms with E-state index in [4.69, 9.17) is 13.9 Å². The molecule has 1 aromatic heterocycles. The lowest BCUT2D eigenvalue weighted by Crippen LogP contribution is -2.47. The Morgan fingerprint density at radius 1 is 1.10 bits per heavy atom. The number of aryl methyl sites for hydroxylation is 1. The highest BCUT2D eigenvalue weighted by atomic mass is 28.4.